The molecule has 0 aliphatic carbocycles. The Bertz CT molecular complexity index is 2050. The number of thioether (sulfide) groups is 1. The summed E-state index contributed by atoms with van der Waals surface area (Å²) in [7, 11) is 0. The number of nitrogens with zero attached hydrogens (tertiary/aromatic N) is 3. The molecule has 2 saturated heterocycles. The molecule has 2 N–H and O–H groups in total. The van der Waals surface area contributed by atoms with E-state index >= 15 is 0 Å². The van der Waals surface area contributed by atoms with Gasteiger partial charge in [0.05, 0.1) is 31.8 Å². The summed E-state index contributed by atoms with van der Waals surface area (Å²) in [5, 5.41) is 12.8. The maximum atomic E-state index is 13.3. The number of aromatic nitrogens is 2. The van der Waals surface area contributed by atoms with Crippen LogP contribution in [0.3, 0.4) is 0 Å². The quantitative estimate of drug-likeness (QED) is 0.0799. The lowest BCUT2D eigenvalue weighted by atomic mass is 9.91. The molecule has 54 heavy (non-hydrogen) atoms. The highest BCUT2D eigenvalue weighted by Gasteiger charge is 2.40. The van der Waals surface area contributed by atoms with E-state index in [1.54, 1.807) is 18.5 Å². The number of hydrogen-bond donors (Lipinski definition) is 2. The van der Waals surface area contributed by atoms with Crippen molar-refractivity contribution in [1.29, 1.82) is 0 Å². The molecule has 276 valence electrons. The normalized spacial score (nSPS) is 21.2. The molecule has 12 heteroatoms. The highest BCUT2D eigenvalue weighted by Crippen LogP contribution is 2.43. The number of carbonyl (C=O) groups excluding carboxylic acids is 3. The number of likely N-dealkylation sites (tertiary alicyclic amines) is 1. The molecule has 5 aromatic rings. The van der Waals surface area contributed by atoms with Gasteiger partial charge < -0.3 is 24.6 Å². The predicted octanol–water partition coefficient (Wildman–Crippen LogP) is 6.77. The largest absolute Gasteiger partial charge is 0.445 e. The molecule has 11 nitrogen and oxygen atoms in total. The van der Waals surface area contributed by atoms with Crippen molar-refractivity contribution in [3.8, 4) is 11.1 Å². The lowest BCUT2D eigenvalue weighted by molar-refractivity contribution is -0.268. The maximum absolute atomic E-state index is 13.3. The molecular weight excluding hydrogens is 705 g/mol. The Balaban J connectivity index is 1.04. The van der Waals surface area contributed by atoms with Gasteiger partial charge in [-0.25, -0.2) is 14.8 Å². The summed E-state index contributed by atoms with van der Waals surface area (Å²) in [6.45, 7) is 2.19. The number of alkyl carbamates (subject to hydrolysis) is 1. The molecule has 5 unspecified atom stereocenters. The Labute approximate surface area is 317 Å². The molecule has 0 spiro atoms. The van der Waals surface area contributed by atoms with Crippen molar-refractivity contribution < 1.29 is 33.7 Å². The first-order valence-electron chi connectivity index (χ1n) is 17.8. The van der Waals surface area contributed by atoms with E-state index < -0.39 is 24.3 Å². The predicted molar refractivity (Wildman–Crippen MR) is 201 cm³/mol. The van der Waals surface area contributed by atoms with Gasteiger partial charge in [0.2, 0.25) is 5.91 Å². The standard InChI is InChI=1S/C42H40N4O7S/c1-27-36(26-54-41-43-20-7-21-44-41)52-40(53-38(27)31-14-12-28(24-47)13-15-31)32-18-16-30(17-19-32)34-11-6-5-10-33(34)23-46-37(48)22-35(39(46)49)45-42(50)51-25-29-8-3-2-4-9-29/h2-21,27,35-36,38,40,47H,22-26H2,1H3,(H,45,50). The van der Waals surface area contributed by atoms with Gasteiger partial charge >= 0.3 is 6.09 Å². The average Bonchev–Trinajstić information content (AvgIpc) is 3.47. The summed E-state index contributed by atoms with van der Waals surface area (Å²) in [6, 6.07) is 33.3. The van der Waals surface area contributed by atoms with Crippen molar-refractivity contribution in [2.75, 3.05) is 5.75 Å². The van der Waals surface area contributed by atoms with Crippen LogP contribution in [0.25, 0.3) is 11.1 Å². The van der Waals surface area contributed by atoms with Crippen LogP contribution in [0.5, 0.6) is 0 Å². The molecule has 0 bridgehead atoms. The van der Waals surface area contributed by atoms with Gasteiger partial charge in [-0.05, 0) is 39.4 Å². The minimum atomic E-state index is -0.996. The highest BCUT2D eigenvalue weighted by molar-refractivity contribution is 7.99. The Hall–Kier alpha value is -5.40. The Morgan fingerprint density at radius 2 is 1.57 bits per heavy atom. The van der Waals surface area contributed by atoms with Crippen LogP contribution in [0.1, 0.15) is 53.6 Å². The van der Waals surface area contributed by atoms with Crippen LogP contribution in [-0.2, 0) is 43.6 Å². The molecule has 2 aliphatic heterocycles. The van der Waals surface area contributed by atoms with Gasteiger partial charge in [-0.15, -0.1) is 0 Å². The number of rotatable bonds is 12. The third-order valence-electron chi connectivity index (χ3n) is 9.63. The van der Waals surface area contributed by atoms with E-state index in [4.69, 9.17) is 14.2 Å². The first-order valence-corrected chi connectivity index (χ1v) is 18.7. The summed E-state index contributed by atoms with van der Waals surface area (Å²) in [5.41, 5.74) is 6.01. The molecule has 1 aromatic heterocycles. The molecule has 2 aliphatic rings. The number of hydrogen-bond acceptors (Lipinski definition) is 10. The van der Waals surface area contributed by atoms with Crippen molar-refractivity contribution in [3.05, 3.63) is 149 Å². The summed E-state index contributed by atoms with van der Waals surface area (Å²) in [6.07, 6.45) is 1.45. The minimum absolute atomic E-state index is 0.00864. The number of aliphatic hydroxyl groups excluding tert-OH is 1. The van der Waals surface area contributed by atoms with Crippen molar-refractivity contribution in [2.24, 2.45) is 5.92 Å². The third kappa shape index (κ3) is 8.69. The van der Waals surface area contributed by atoms with E-state index in [9.17, 15) is 19.5 Å². The average molecular weight is 745 g/mol. The van der Waals surface area contributed by atoms with E-state index in [1.165, 1.54) is 16.7 Å². The van der Waals surface area contributed by atoms with Gasteiger partial charge in [0, 0.05) is 29.6 Å². The minimum Gasteiger partial charge on any atom is -0.445 e. The number of benzene rings is 4. The maximum Gasteiger partial charge on any atom is 0.408 e. The van der Waals surface area contributed by atoms with E-state index in [-0.39, 0.29) is 50.2 Å². The van der Waals surface area contributed by atoms with Crippen LogP contribution >= 0.6 is 11.8 Å². The SMILES string of the molecule is CC1C(CSc2ncccn2)OC(c2ccc(-c3ccccc3CN3C(=O)CC(NC(=O)OCc4ccccc4)C3=O)cc2)OC1c1ccc(CO)cc1. The molecule has 4 aromatic carbocycles. The highest BCUT2D eigenvalue weighted by atomic mass is 32.2. The molecule has 0 radical (unpaired) electrons. The number of carbonyl (C=O) groups is 3. The summed E-state index contributed by atoms with van der Waals surface area (Å²) < 4.78 is 18.5. The topological polar surface area (TPSA) is 140 Å². The van der Waals surface area contributed by atoms with E-state index in [0.29, 0.717) is 10.9 Å². The van der Waals surface area contributed by atoms with Crippen molar-refractivity contribution >= 4 is 29.7 Å². The zero-order valence-electron chi connectivity index (χ0n) is 29.6. The molecule has 5 atom stereocenters. The fourth-order valence-electron chi connectivity index (χ4n) is 6.63. The van der Waals surface area contributed by atoms with Gasteiger partial charge in [-0.3, -0.25) is 14.5 Å². The van der Waals surface area contributed by atoms with Gasteiger partial charge in [-0.2, -0.15) is 0 Å². The van der Waals surface area contributed by atoms with Gasteiger partial charge in [-0.1, -0.05) is 122 Å². The van der Waals surface area contributed by atoms with Crippen LogP contribution in [0.4, 0.5) is 4.79 Å². The van der Waals surface area contributed by atoms with E-state index in [0.717, 1.165) is 38.9 Å². The fourth-order valence-corrected chi connectivity index (χ4v) is 7.59. The number of imide groups is 1. The Morgan fingerprint density at radius 1 is 0.870 bits per heavy atom. The van der Waals surface area contributed by atoms with Crippen LogP contribution in [0.2, 0.25) is 0 Å². The first-order chi connectivity index (χ1) is 26.4. The number of amides is 3. The van der Waals surface area contributed by atoms with Crippen molar-refractivity contribution in [1.82, 2.24) is 20.2 Å². The van der Waals surface area contributed by atoms with Crippen LogP contribution < -0.4 is 5.32 Å². The summed E-state index contributed by atoms with van der Waals surface area (Å²) in [5.74, 6) is -0.212. The van der Waals surface area contributed by atoms with E-state index in [1.807, 2.05) is 103 Å². The van der Waals surface area contributed by atoms with Crippen LogP contribution in [-0.4, -0.2) is 55.8 Å². The molecule has 0 saturated carbocycles. The molecule has 3 heterocycles. The molecule has 2 fully saturated rings. The second-order valence-electron chi connectivity index (χ2n) is 13.2. The Kier molecular flexibility index (Phi) is 11.7. The first kappa shape index (κ1) is 36.9. The van der Waals surface area contributed by atoms with Gasteiger partial charge in [0.25, 0.3) is 5.91 Å². The smallest absolute Gasteiger partial charge is 0.408 e. The fraction of sp³-hybridized carbons (Fsp3) is 0.262. The zero-order chi connectivity index (χ0) is 37.4. The zero-order valence-corrected chi connectivity index (χ0v) is 30.4. The third-order valence-corrected chi connectivity index (χ3v) is 10.6. The van der Waals surface area contributed by atoms with Crippen LogP contribution in [0.15, 0.2) is 127 Å². The number of ether oxygens (including phenoxy) is 3. The second kappa shape index (κ2) is 17.2. The van der Waals surface area contributed by atoms with Crippen molar-refractivity contribution in [3.63, 3.8) is 0 Å². The summed E-state index contributed by atoms with van der Waals surface area (Å²) >= 11 is 1.54. The summed E-state index contributed by atoms with van der Waals surface area (Å²) in [4.78, 5) is 48.7. The Morgan fingerprint density at radius 3 is 2.31 bits per heavy atom. The lowest BCUT2D eigenvalue weighted by Crippen LogP contribution is -2.41. The number of nitrogens with one attached hydrogen (secondary N) is 1. The number of aliphatic hydroxyl groups is 1. The molecule has 3 amide bonds. The van der Waals surface area contributed by atoms with Crippen molar-refractivity contribution in [2.45, 2.75) is 62.8 Å². The molecule has 7 rings (SSSR count). The molecular formula is C42H40N4O7S. The van der Waals surface area contributed by atoms with E-state index in [2.05, 4.69) is 22.2 Å². The van der Waals surface area contributed by atoms with Gasteiger partial charge in [0.1, 0.15) is 12.6 Å². The lowest BCUT2D eigenvalue weighted by Gasteiger charge is -2.41. The van der Waals surface area contributed by atoms with Crippen LogP contribution in [0, 0.1) is 5.92 Å². The van der Waals surface area contributed by atoms with Gasteiger partial charge in [0.15, 0.2) is 11.4 Å². The second-order valence-corrected chi connectivity index (χ2v) is 14.2. The monoisotopic (exact) mass is 744 g/mol.